The molecule has 228 valence electrons. The highest BCUT2D eigenvalue weighted by atomic mass is 16.6. The molecule has 4 unspecified atom stereocenters. The quantitative estimate of drug-likeness (QED) is 0.0563. The molecule has 0 aromatic carbocycles. The van der Waals surface area contributed by atoms with Crippen LogP contribution in [-0.2, 0) is 33.4 Å². The van der Waals surface area contributed by atoms with Crippen LogP contribution in [0, 0.1) is 5.92 Å². The number of esters is 2. The van der Waals surface area contributed by atoms with Crippen LogP contribution in [0.3, 0.4) is 0 Å². The number of Topliss-reactive ketones (excluding diaryl/α,β-unsaturated/α-hetero) is 2. The summed E-state index contributed by atoms with van der Waals surface area (Å²) in [5, 5.41) is 9.99. The van der Waals surface area contributed by atoms with Crippen LogP contribution in [0.2, 0.25) is 0 Å². The molecular formula is C32H52O8. The summed E-state index contributed by atoms with van der Waals surface area (Å²) in [4.78, 5) is 50.8. The lowest BCUT2D eigenvalue weighted by Gasteiger charge is -2.35. The lowest BCUT2D eigenvalue weighted by atomic mass is 9.86. The Morgan fingerprint density at radius 3 is 1.98 bits per heavy atom. The van der Waals surface area contributed by atoms with E-state index >= 15 is 0 Å². The molecule has 4 atom stereocenters. The van der Waals surface area contributed by atoms with Crippen LogP contribution in [-0.4, -0.2) is 59.1 Å². The summed E-state index contributed by atoms with van der Waals surface area (Å²) in [5.41, 5.74) is -2.35. The number of epoxide rings is 1. The van der Waals surface area contributed by atoms with Crippen molar-refractivity contribution < 1.29 is 38.5 Å². The average Bonchev–Trinajstić information content (AvgIpc) is 3.71. The number of carbonyl (C=O) groups excluding carboxylic acids is 4. The molecule has 1 aliphatic carbocycles. The highest BCUT2D eigenvalue weighted by Crippen LogP contribution is 2.40. The summed E-state index contributed by atoms with van der Waals surface area (Å²) in [6.45, 7) is 3.63. The molecule has 0 spiro atoms. The van der Waals surface area contributed by atoms with E-state index in [0.717, 1.165) is 58.8 Å². The van der Waals surface area contributed by atoms with E-state index in [4.69, 9.17) is 14.2 Å². The van der Waals surface area contributed by atoms with Gasteiger partial charge in [0.1, 0.15) is 0 Å². The Morgan fingerprint density at radius 2 is 1.43 bits per heavy atom. The van der Waals surface area contributed by atoms with Crippen LogP contribution in [0.25, 0.3) is 0 Å². The molecular weight excluding hydrogens is 512 g/mol. The van der Waals surface area contributed by atoms with Crippen molar-refractivity contribution in [1.29, 1.82) is 0 Å². The summed E-state index contributed by atoms with van der Waals surface area (Å²) >= 11 is 0. The van der Waals surface area contributed by atoms with Gasteiger partial charge in [-0.05, 0) is 65.2 Å². The lowest BCUT2D eigenvalue weighted by molar-refractivity contribution is -0.196. The Labute approximate surface area is 240 Å². The zero-order valence-corrected chi connectivity index (χ0v) is 25.0. The normalized spacial score (nSPS) is 21.1. The van der Waals surface area contributed by atoms with E-state index in [-0.39, 0.29) is 18.6 Å². The fourth-order valence-electron chi connectivity index (χ4n) is 5.58. The maximum Gasteiger partial charge on any atom is 0.309 e. The zero-order chi connectivity index (χ0) is 29.4. The summed E-state index contributed by atoms with van der Waals surface area (Å²) in [6, 6.07) is 0. The van der Waals surface area contributed by atoms with Gasteiger partial charge in [0.15, 0.2) is 17.7 Å². The van der Waals surface area contributed by atoms with Gasteiger partial charge in [-0.3, -0.25) is 19.2 Å². The minimum atomic E-state index is -2.35. The Hall–Kier alpha value is -2.06. The third-order valence-electron chi connectivity index (χ3n) is 8.18. The molecule has 1 N–H and O–H groups in total. The number of allylic oxidation sites excluding steroid dienone is 2. The molecule has 1 saturated heterocycles. The first kappa shape index (κ1) is 34.1. The first-order valence-electron chi connectivity index (χ1n) is 15.6. The van der Waals surface area contributed by atoms with Crippen LogP contribution in [0.4, 0.5) is 0 Å². The number of hydrogen-bond acceptors (Lipinski definition) is 8. The SMILES string of the molecule is CCCCCCCCC=CCCCCCCCC(=O)OC(C(C)=O)(C(C)=O)C(CO)OC(=O)C1CCC2OC2C1. The molecule has 0 aromatic rings. The van der Waals surface area contributed by atoms with Gasteiger partial charge in [0.05, 0.1) is 24.7 Å². The average molecular weight is 565 g/mol. The predicted molar refractivity (Wildman–Crippen MR) is 153 cm³/mol. The summed E-state index contributed by atoms with van der Waals surface area (Å²) < 4.78 is 16.4. The fraction of sp³-hybridized carbons (Fsp3) is 0.812. The minimum absolute atomic E-state index is 0.0356. The van der Waals surface area contributed by atoms with Gasteiger partial charge in [0.25, 0.3) is 5.60 Å². The third kappa shape index (κ3) is 11.1. The second kappa shape index (κ2) is 18.4. The standard InChI is InChI=1S/C32H52O8/c1-4-5-6-7-8-9-10-11-12-13-14-15-16-17-18-19-30(36)40-32(24(2)34,25(3)35)29(23-33)39-31(37)26-20-21-27-28(22-26)38-27/h11-12,26-29,33H,4-10,13-23H2,1-3H3. The first-order chi connectivity index (χ1) is 19.3. The van der Waals surface area contributed by atoms with Crippen molar-refractivity contribution in [3.8, 4) is 0 Å². The van der Waals surface area contributed by atoms with Crippen LogP contribution in [0.5, 0.6) is 0 Å². The van der Waals surface area contributed by atoms with Gasteiger partial charge in [-0.25, -0.2) is 0 Å². The number of ether oxygens (including phenoxy) is 3. The molecule has 0 aromatic heterocycles. The second-order valence-electron chi connectivity index (χ2n) is 11.5. The first-order valence-corrected chi connectivity index (χ1v) is 15.6. The molecule has 1 aliphatic heterocycles. The molecule has 1 saturated carbocycles. The van der Waals surface area contributed by atoms with E-state index in [0.29, 0.717) is 19.3 Å². The number of hydrogen-bond donors (Lipinski definition) is 1. The highest BCUT2D eigenvalue weighted by Gasteiger charge is 2.55. The van der Waals surface area contributed by atoms with Crippen LogP contribution in [0.1, 0.15) is 130 Å². The van der Waals surface area contributed by atoms with Gasteiger partial charge in [-0.1, -0.05) is 70.4 Å². The number of unbranched alkanes of at least 4 members (excludes halogenated alkanes) is 11. The maximum atomic E-state index is 12.8. The maximum absolute atomic E-state index is 12.8. The van der Waals surface area contributed by atoms with Gasteiger partial charge < -0.3 is 19.3 Å². The van der Waals surface area contributed by atoms with E-state index < -0.39 is 47.7 Å². The molecule has 0 radical (unpaired) electrons. The van der Waals surface area contributed by atoms with Crippen LogP contribution < -0.4 is 0 Å². The number of fused-ring (bicyclic) bond motifs is 1. The number of rotatable bonds is 22. The van der Waals surface area contributed by atoms with E-state index in [2.05, 4.69) is 19.1 Å². The minimum Gasteiger partial charge on any atom is -0.454 e. The topological polar surface area (TPSA) is 120 Å². The van der Waals surface area contributed by atoms with Crippen molar-refractivity contribution in [2.24, 2.45) is 5.92 Å². The van der Waals surface area contributed by atoms with Crippen molar-refractivity contribution in [3.63, 3.8) is 0 Å². The Bertz CT molecular complexity index is 821. The molecule has 0 amide bonds. The molecule has 8 nitrogen and oxygen atoms in total. The van der Waals surface area contributed by atoms with E-state index in [1.54, 1.807) is 0 Å². The summed E-state index contributed by atoms with van der Waals surface area (Å²) in [7, 11) is 0. The van der Waals surface area contributed by atoms with E-state index in [9.17, 15) is 24.3 Å². The molecule has 0 bridgehead atoms. The lowest BCUT2D eigenvalue weighted by Crippen LogP contribution is -2.60. The van der Waals surface area contributed by atoms with Crippen molar-refractivity contribution in [1.82, 2.24) is 0 Å². The third-order valence-corrected chi connectivity index (χ3v) is 8.18. The molecule has 2 rings (SSSR count). The van der Waals surface area contributed by atoms with Crippen LogP contribution in [0.15, 0.2) is 12.2 Å². The monoisotopic (exact) mass is 564 g/mol. The Morgan fingerprint density at radius 1 is 0.850 bits per heavy atom. The molecule has 8 heteroatoms. The molecule has 2 fully saturated rings. The zero-order valence-electron chi connectivity index (χ0n) is 25.0. The van der Waals surface area contributed by atoms with E-state index in [1.807, 2.05) is 0 Å². The van der Waals surface area contributed by atoms with Gasteiger partial charge >= 0.3 is 11.9 Å². The van der Waals surface area contributed by atoms with Gasteiger partial charge in [-0.15, -0.1) is 0 Å². The van der Waals surface area contributed by atoms with Crippen molar-refractivity contribution >= 4 is 23.5 Å². The van der Waals surface area contributed by atoms with Crippen molar-refractivity contribution in [2.75, 3.05) is 6.61 Å². The largest absolute Gasteiger partial charge is 0.454 e. The van der Waals surface area contributed by atoms with Crippen molar-refractivity contribution in [3.05, 3.63) is 12.2 Å². The Kier molecular flexibility index (Phi) is 15.7. The number of ketones is 2. The fourth-order valence-corrected chi connectivity index (χ4v) is 5.58. The van der Waals surface area contributed by atoms with Gasteiger partial charge in [-0.2, -0.15) is 0 Å². The van der Waals surface area contributed by atoms with Crippen LogP contribution >= 0.6 is 0 Å². The molecule has 1 heterocycles. The predicted octanol–water partition coefficient (Wildman–Crippen LogP) is 5.96. The summed E-state index contributed by atoms with van der Waals surface area (Å²) in [5.74, 6) is -3.34. The molecule has 40 heavy (non-hydrogen) atoms. The number of aliphatic hydroxyl groups is 1. The number of aliphatic hydroxyl groups excluding tert-OH is 1. The Balaban J connectivity index is 1.70. The number of carbonyl (C=O) groups is 4. The highest BCUT2D eigenvalue weighted by molar-refractivity contribution is 6.10. The van der Waals surface area contributed by atoms with Gasteiger partial charge in [0, 0.05) is 6.42 Å². The molecule has 2 aliphatic rings. The van der Waals surface area contributed by atoms with Crippen molar-refractivity contribution in [2.45, 2.75) is 154 Å². The second-order valence-corrected chi connectivity index (χ2v) is 11.5. The van der Waals surface area contributed by atoms with Gasteiger partial charge in [0.2, 0.25) is 0 Å². The van der Waals surface area contributed by atoms with E-state index in [1.165, 1.54) is 38.5 Å². The smallest absolute Gasteiger partial charge is 0.309 e. The summed E-state index contributed by atoms with van der Waals surface area (Å²) in [6.07, 6.45) is 19.7.